The van der Waals surface area contributed by atoms with Gasteiger partial charge in [-0.1, -0.05) is 30.1 Å². The van der Waals surface area contributed by atoms with Crippen LogP contribution in [0.25, 0.3) is 0 Å². The highest BCUT2D eigenvalue weighted by atomic mass is 35.5. The van der Waals surface area contributed by atoms with Crippen LogP contribution in [0.3, 0.4) is 0 Å². The maximum atomic E-state index is 12.8. The Kier molecular flexibility index (Phi) is 6.53. The van der Waals surface area contributed by atoms with Crippen LogP contribution in [0.4, 0.5) is 5.69 Å². The molecule has 0 radical (unpaired) electrons. The number of halogens is 2. The van der Waals surface area contributed by atoms with E-state index in [2.05, 4.69) is 4.72 Å². The highest BCUT2D eigenvalue weighted by Gasteiger charge is 2.27. The lowest BCUT2D eigenvalue weighted by Crippen LogP contribution is -2.33. The van der Waals surface area contributed by atoms with Crippen LogP contribution >= 0.6 is 23.2 Å². The fraction of sp³-hybridized carbons (Fsp3) is 0.350. The molecule has 2 aromatic carbocycles. The van der Waals surface area contributed by atoms with Gasteiger partial charge in [0.1, 0.15) is 4.90 Å². The van der Waals surface area contributed by atoms with Crippen LogP contribution < -0.4 is 4.72 Å². The van der Waals surface area contributed by atoms with E-state index in [-0.39, 0.29) is 20.8 Å². The second-order valence-electron chi connectivity index (χ2n) is 6.95. The van der Waals surface area contributed by atoms with Crippen LogP contribution in [-0.4, -0.2) is 32.3 Å². The SMILES string of the molecule is CCCN(CC1CC1)C(=O)c1ccc(NS(=O)(=O)c2cc(Cl)ccc2Cl)cc1. The molecular formula is C20H22Cl2N2O3S. The summed E-state index contributed by atoms with van der Waals surface area (Å²) in [7, 11) is -3.89. The Morgan fingerprint density at radius 3 is 2.43 bits per heavy atom. The predicted octanol–water partition coefficient (Wildman–Crippen LogP) is 5.06. The number of rotatable bonds is 8. The molecule has 0 spiro atoms. The number of nitrogens with one attached hydrogen (secondary N) is 1. The Hall–Kier alpha value is -1.76. The largest absolute Gasteiger partial charge is 0.338 e. The summed E-state index contributed by atoms with van der Waals surface area (Å²) < 4.78 is 27.6. The molecular weight excluding hydrogens is 419 g/mol. The van der Waals surface area contributed by atoms with Gasteiger partial charge < -0.3 is 4.90 Å². The van der Waals surface area contributed by atoms with E-state index in [0.29, 0.717) is 17.2 Å². The molecule has 8 heteroatoms. The lowest BCUT2D eigenvalue weighted by molar-refractivity contribution is 0.0748. The van der Waals surface area contributed by atoms with E-state index in [4.69, 9.17) is 23.2 Å². The molecule has 5 nitrogen and oxygen atoms in total. The van der Waals surface area contributed by atoms with E-state index in [0.717, 1.165) is 19.5 Å². The molecule has 0 atom stereocenters. The van der Waals surface area contributed by atoms with Crippen molar-refractivity contribution in [2.75, 3.05) is 17.8 Å². The van der Waals surface area contributed by atoms with Crippen molar-refractivity contribution in [1.82, 2.24) is 4.90 Å². The van der Waals surface area contributed by atoms with Gasteiger partial charge >= 0.3 is 0 Å². The quantitative estimate of drug-likeness (QED) is 0.623. The highest BCUT2D eigenvalue weighted by Crippen LogP contribution is 2.30. The van der Waals surface area contributed by atoms with Crippen LogP contribution in [0.2, 0.25) is 10.0 Å². The molecule has 0 aliphatic heterocycles. The second-order valence-corrected chi connectivity index (χ2v) is 9.45. The Bertz CT molecular complexity index is 958. The van der Waals surface area contributed by atoms with Crippen molar-refractivity contribution in [3.8, 4) is 0 Å². The van der Waals surface area contributed by atoms with Crippen LogP contribution in [0.5, 0.6) is 0 Å². The average molecular weight is 441 g/mol. The predicted molar refractivity (Wildman–Crippen MR) is 113 cm³/mol. The molecule has 1 aliphatic carbocycles. The van der Waals surface area contributed by atoms with E-state index in [1.54, 1.807) is 24.3 Å². The zero-order chi connectivity index (χ0) is 20.3. The minimum atomic E-state index is -3.89. The van der Waals surface area contributed by atoms with Gasteiger partial charge in [0.15, 0.2) is 0 Å². The molecule has 150 valence electrons. The molecule has 0 unspecified atom stereocenters. The summed E-state index contributed by atoms with van der Waals surface area (Å²) in [6, 6.07) is 10.7. The number of hydrogen-bond donors (Lipinski definition) is 1. The first-order valence-corrected chi connectivity index (χ1v) is 11.4. The molecule has 0 aromatic heterocycles. The normalized spacial score (nSPS) is 14.0. The van der Waals surface area contributed by atoms with Crippen LogP contribution in [0.1, 0.15) is 36.5 Å². The molecule has 0 saturated heterocycles. The van der Waals surface area contributed by atoms with Crippen molar-refractivity contribution in [1.29, 1.82) is 0 Å². The summed E-state index contributed by atoms with van der Waals surface area (Å²) in [5, 5.41) is 0.358. The van der Waals surface area contributed by atoms with E-state index in [1.807, 2.05) is 11.8 Å². The summed E-state index contributed by atoms with van der Waals surface area (Å²) in [6.45, 7) is 3.55. The minimum absolute atomic E-state index is 0.0268. The summed E-state index contributed by atoms with van der Waals surface area (Å²) in [5.41, 5.74) is 0.884. The first kappa shape index (κ1) is 21.0. The number of anilines is 1. The average Bonchev–Trinajstić information content (AvgIpc) is 3.47. The molecule has 2 aromatic rings. The number of amides is 1. The summed E-state index contributed by atoms with van der Waals surface area (Å²) in [4.78, 5) is 14.5. The van der Waals surface area contributed by atoms with Gasteiger partial charge in [-0.2, -0.15) is 0 Å². The van der Waals surface area contributed by atoms with Crippen molar-refractivity contribution in [2.45, 2.75) is 31.1 Å². The molecule has 1 N–H and O–H groups in total. The molecule has 3 rings (SSSR count). The van der Waals surface area contributed by atoms with Gasteiger partial charge in [0.25, 0.3) is 15.9 Å². The van der Waals surface area contributed by atoms with Gasteiger partial charge in [-0.05, 0) is 67.6 Å². The van der Waals surface area contributed by atoms with Crippen LogP contribution in [0, 0.1) is 5.92 Å². The van der Waals surface area contributed by atoms with Gasteiger partial charge in [0.2, 0.25) is 0 Å². The lowest BCUT2D eigenvalue weighted by Gasteiger charge is -2.22. The first-order chi connectivity index (χ1) is 13.3. The summed E-state index contributed by atoms with van der Waals surface area (Å²) in [6.07, 6.45) is 3.26. The molecule has 1 amide bonds. The van der Waals surface area contributed by atoms with Gasteiger partial charge in [-0.3, -0.25) is 9.52 Å². The fourth-order valence-corrected chi connectivity index (χ4v) is 4.74. The van der Waals surface area contributed by atoms with Crippen molar-refractivity contribution in [3.05, 3.63) is 58.1 Å². The fourth-order valence-electron chi connectivity index (χ4n) is 2.91. The van der Waals surface area contributed by atoms with Crippen molar-refractivity contribution in [2.24, 2.45) is 5.92 Å². The number of hydrogen-bond acceptors (Lipinski definition) is 3. The maximum absolute atomic E-state index is 12.8. The Morgan fingerprint density at radius 2 is 1.82 bits per heavy atom. The molecule has 28 heavy (non-hydrogen) atoms. The van der Waals surface area contributed by atoms with Gasteiger partial charge in [-0.15, -0.1) is 0 Å². The van der Waals surface area contributed by atoms with Crippen LogP contribution in [-0.2, 0) is 10.0 Å². The third kappa shape index (κ3) is 5.19. The second kappa shape index (κ2) is 8.72. The summed E-state index contributed by atoms with van der Waals surface area (Å²) >= 11 is 11.9. The third-order valence-corrected chi connectivity index (χ3v) is 6.62. The lowest BCUT2D eigenvalue weighted by atomic mass is 10.1. The van der Waals surface area contributed by atoms with E-state index in [9.17, 15) is 13.2 Å². The van der Waals surface area contributed by atoms with Crippen molar-refractivity contribution in [3.63, 3.8) is 0 Å². The standard InChI is InChI=1S/C20H22Cl2N2O3S/c1-2-11-24(13-14-3-4-14)20(25)15-5-8-17(9-6-15)23-28(26,27)19-12-16(21)7-10-18(19)22/h5-10,12,14,23H,2-4,11,13H2,1H3. The molecule has 1 fully saturated rings. The van der Waals surface area contributed by atoms with Crippen molar-refractivity contribution < 1.29 is 13.2 Å². The van der Waals surface area contributed by atoms with Gasteiger partial charge in [0, 0.05) is 29.4 Å². The third-order valence-electron chi connectivity index (χ3n) is 4.52. The van der Waals surface area contributed by atoms with Gasteiger partial charge in [0.05, 0.1) is 5.02 Å². The highest BCUT2D eigenvalue weighted by molar-refractivity contribution is 7.92. The van der Waals surface area contributed by atoms with Gasteiger partial charge in [-0.25, -0.2) is 8.42 Å². The number of carbonyl (C=O) groups is 1. The topological polar surface area (TPSA) is 66.5 Å². The Labute approximate surface area is 175 Å². The Balaban J connectivity index is 1.74. The molecule has 0 heterocycles. The molecule has 1 aliphatic rings. The zero-order valence-electron chi connectivity index (χ0n) is 15.5. The molecule has 0 bridgehead atoms. The summed E-state index contributed by atoms with van der Waals surface area (Å²) in [5.74, 6) is 0.588. The van der Waals surface area contributed by atoms with Crippen LogP contribution in [0.15, 0.2) is 47.4 Å². The van der Waals surface area contributed by atoms with E-state index in [1.165, 1.54) is 31.0 Å². The zero-order valence-corrected chi connectivity index (χ0v) is 17.8. The number of carbonyl (C=O) groups excluding carboxylic acids is 1. The minimum Gasteiger partial charge on any atom is -0.338 e. The Morgan fingerprint density at radius 1 is 1.14 bits per heavy atom. The molecule has 1 saturated carbocycles. The number of benzene rings is 2. The van der Waals surface area contributed by atoms with Crippen molar-refractivity contribution >= 4 is 44.8 Å². The number of nitrogens with zero attached hydrogens (tertiary/aromatic N) is 1. The number of sulfonamides is 1. The first-order valence-electron chi connectivity index (χ1n) is 9.17. The van der Waals surface area contributed by atoms with E-state index >= 15 is 0 Å². The van der Waals surface area contributed by atoms with E-state index < -0.39 is 10.0 Å². The monoisotopic (exact) mass is 440 g/mol. The smallest absolute Gasteiger partial charge is 0.263 e. The maximum Gasteiger partial charge on any atom is 0.263 e.